The van der Waals surface area contributed by atoms with Gasteiger partial charge in [0.15, 0.2) is 0 Å². The van der Waals surface area contributed by atoms with E-state index < -0.39 is 0 Å². The zero-order valence-corrected chi connectivity index (χ0v) is 11.5. The zero-order valence-electron chi connectivity index (χ0n) is 11.5. The third-order valence-corrected chi connectivity index (χ3v) is 3.71. The average Bonchev–Trinajstić information content (AvgIpc) is 3.13. The number of hydrogen-bond donors (Lipinski definition) is 0. The lowest BCUT2D eigenvalue weighted by molar-refractivity contribution is -0.147. The maximum Gasteiger partial charge on any atom is 0.309 e. The molecule has 5 nitrogen and oxygen atoms in total. The summed E-state index contributed by atoms with van der Waals surface area (Å²) in [6, 6.07) is 6.88. The van der Waals surface area contributed by atoms with Crippen molar-refractivity contribution in [3.63, 3.8) is 0 Å². The van der Waals surface area contributed by atoms with E-state index in [-0.39, 0.29) is 24.1 Å². The van der Waals surface area contributed by atoms with Crippen molar-refractivity contribution in [1.29, 1.82) is 0 Å². The van der Waals surface area contributed by atoms with Gasteiger partial charge in [-0.2, -0.15) is 0 Å². The molecule has 0 amide bonds. The Balaban J connectivity index is 1.82. The lowest BCUT2D eigenvalue weighted by atomic mass is 10.3. The molecule has 2 aromatic rings. The monoisotopic (exact) mass is 272 g/mol. The average molecular weight is 272 g/mol. The smallest absolute Gasteiger partial charge is 0.309 e. The molecule has 0 spiro atoms. The first-order valence-electron chi connectivity index (χ1n) is 6.71. The van der Waals surface area contributed by atoms with Crippen LogP contribution in [0.5, 0.6) is 0 Å². The quantitative estimate of drug-likeness (QED) is 0.798. The van der Waals surface area contributed by atoms with Crippen molar-refractivity contribution in [2.75, 3.05) is 0 Å². The summed E-state index contributed by atoms with van der Waals surface area (Å²) in [5.74, 6) is 0.253. The number of hydrogen-bond acceptors (Lipinski definition) is 4. The van der Waals surface area contributed by atoms with Crippen LogP contribution in [-0.4, -0.2) is 15.4 Å². The Bertz CT molecular complexity index is 735. The first kappa shape index (κ1) is 12.8. The predicted molar refractivity (Wildman–Crippen MR) is 73.3 cm³/mol. The lowest BCUT2D eigenvalue weighted by Gasteiger charge is -2.07. The van der Waals surface area contributed by atoms with Gasteiger partial charge in [-0.05, 0) is 31.4 Å². The first-order chi connectivity index (χ1) is 9.56. The van der Waals surface area contributed by atoms with E-state index in [0.29, 0.717) is 17.3 Å². The van der Waals surface area contributed by atoms with E-state index in [4.69, 9.17) is 4.74 Å². The van der Waals surface area contributed by atoms with Gasteiger partial charge in [0.1, 0.15) is 12.3 Å². The number of pyridine rings is 1. The molecule has 20 heavy (non-hydrogen) atoms. The second kappa shape index (κ2) is 4.74. The third kappa shape index (κ3) is 2.31. The Kier molecular flexibility index (Phi) is 3.04. The fourth-order valence-corrected chi connectivity index (χ4v) is 2.34. The lowest BCUT2D eigenvalue weighted by Crippen LogP contribution is -2.18. The molecule has 2 aromatic heterocycles. The summed E-state index contributed by atoms with van der Waals surface area (Å²) < 4.78 is 6.74. The van der Waals surface area contributed by atoms with Crippen molar-refractivity contribution >= 4 is 11.6 Å². The van der Waals surface area contributed by atoms with Crippen molar-refractivity contribution in [1.82, 2.24) is 9.38 Å². The summed E-state index contributed by atoms with van der Waals surface area (Å²) in [6.45, 7) is 3.93. The van der Waals surface area contributed by atoms with Gasteiger partial charge in [0.2, 0.25) is 0 Å². The minimum absolute atomic E-state index is 0.0267. The molecular formula is C15H16N2O3. The highest BCUT2D eigenvalue weighted by molar-refractivity contribution is 5.75. The van der Waals surface area contributed by atoms with Gasteiger partial charge in [-0.1, -0.05) is 13.0 Å². The highest BCUT2D eigenvalue weighted by Crippen LogP contribution is 2.38. The Morgan fingerprint density at radius 2 is 2.25 bits per heavy atom. The predicted octanol–water partition coefficient (Wildman–Crippen LogP) is 1.70. The number of aromatic nitrogens is 2. The van der Waals surface area contributed by atoms with E-state index in [1.165, 1.54) is 10.5 Å². The molecule has 0 unspecified atom stereocenters. The molecule has 0 saturated heterocycles. The van der Waals surface area contributed by atoms with Crippen molar-refractivity contribution in [2.45, 2.75) is 26.9 Å². The van der Waals surface area contributed by atoms with E-state index >= 15 is 0 Å². The van der Waals surface area contributed by atoms with Crippen molar-refractivity contribution in [2.24, 2.45) is 11.8 Å². The molecule has 1 aliphatic carbocycles. The van der Waals surface area contributed by atoms with Crippen LogP contribution in [-0.2, 0) is 16.1 Å². The molecule has 0 aromatic carbocycles. The minimum atomic E-state index is -0.191. The first-order valence-corrected chi connectivity index (χ1v) is 6.71. The zero-order chi connectivity index (χ0) is 14.3. The van der Waals surface area contributed by atoms with Crippen LogP contribution in [0.4, 0.5) is 0 Å². The van der Waals surface area contributed by atoms with E-state index in [1.54, 1.807) is 6.07 Å². The summed E-state index contributed by atoms with van der Waals surface area (Å²) >= 11 is 0. The summed E-state index contributed by atoms with van der Waals surface area (Å²) in [4.78, 5) is 28.1. The van der Waals surface area contributed by atoms with Gasteiger partial charge >= 0.3 is 5.97 Å². The van der Waals surface area contributed by atoms with Gasteiger partial charge in [-0.25, -0.2) is 4.98 Å². The fraction of sp³-hybridized carbons (Fsp3) is 0.400. The normalized spacial score (nSPS) is 20.9. The summed E-state index contributed by atoms with van der Waals surface area (Å²) in [5.41, 5.74) is 1.74. The largest absolute Gasteiger partial charge is 0.459 e. The Morgan fingerprint density at radius 1 is 1.50 bits per heavy atom. The number of carbonyl (C=O) groups is 1. The number of aryl methyl sites for hydroxylation is 1. The Hall–Kier alpha value is -2.17. The van der Waals surface area contributed by atoms with Gasteiger partial charge < -0.3 is 4.74 Å². The van der Waals surface area contributed by atoms with Gasteiger partial charge in [0.25, 0.3) is 5.56 Å². The molecular weight excluding hydrogens is 256 g/mol. The van der Waals surface area contributed by atoms with Crippen LogP contribution in [0, 0.1) is 18.8 Å². The number of esters is 1. The number of rotatable bonds is 3. The van der Waals surface area contributed by atoms with Gasteiger partial charge in [0.05, 0.1) is 11.6 Å². The maximum atomic E-state index is 12.0. The van der Waals surface area contributed by atoms with Crippen LogP contribution in [0.2, 0.25) is 0 Å². The number of fused-ring (bicyclic) bond motifs is 1. The highest BCUT2D eigenvalue weighted by Gasteiger charge is 2.40. The molecule has 1 aliphatic rings. The van der Waals surface area contributed by atoms with Crippen molar-refractivity contribution in [3.05, 3.63) is 46.0 Å². The van der Waals surface area contributed by atoms with Crippen LogP contribution in [0.15, 0.2) is 29.1 Å². The standard InChI is InChI=1S/C15H16N2O3/c1-9-6-12(9)15(19)20-8-11-7-14(18)17-10(2)4-3-5-13(17)16-11/h3-5,7,9,12H,6,8H2,1-2H3/t9-,12+/m0/s1. The highest BCUT2D eigenvalue weighted by atomic mass is 16.5. The molecule has 1 fully saturated rings. The van der Waals surface area contributed by atoms with E-state index in [1.807, 2.05) is 26.0 Å². The molecule has 0 N–H and O–H groups in total. The van der Waals surface area contributed by atoms with Crippen molar-refractivity contribution < 1.29 is 9.53 Å². The molecule has 0 radical (unpaired) electrons. The van der Waals surface area contributed by atoms with Crippen LogP contribution >= 0.6 is 0 Å². The van der Waals surface area contributed by atoms with E-state index in [9.17, 15) is 9.59 Å². The van der Waals surface area contributed by atoms with E-state index in [2.05, 4.69) is 4.98 Å². The Morgan fingerprint density at radius 3 is 2.95 bits per heavy atom. The topological polar surface area (TPSA) is 60.7 Å². The second-order valence-electron chi connectivity index (χ2n) is 5.37. The second-order valence-corrected chi connectivity index (χ2v) is 5.37. The molecule has 1 saturated carbocycles. The van der Waals surface area contributed by atoms with Gasteiger partial charge in [-0.15, -0.1) is 0 Å². The van der Waals surface area contributed by atoms with Crippen LogP contribution in [0.25, 0.3) is 5.65 Å². The number of ether oxygens (including phenoxy) is 1. The van der Waals surface area contributed by atoms with Crippen molar-refractivity contribution in [3.8, 4) is 0 Å². The molecule has 2 heterocycles. The van der Waals surface area contributed by atoms with E-state index in [0.717, 1.165) is 12.1 Å². The molecule has 5 heteroatoms. The summed E-state index contributed by atoms with van der Waals surface area (Å²) in [5, 5.41) is 0. The third-order valence-electron chi connectivity index (χ3n) is 3.71. The molecule has 3 rings (SSSR count). The summed E-state index contributed by atoms with van der Waals surface area (Å²) in [7, 11) is 0. The van der Waals surface area contributed by atoms with Crippen LogP contribution < -0.4 is 5.56 Å². The molecule has 0 bridgehead atoms. The minimum Gasteiger partial charge on any atom is -0.459 e. The SMILES string of the molecule is Cc1cccc2nc(COC(=O)[C@@H]3C[C@@H]3C)cc(=O)n12. The fourth-order valence-electron chi connectivity index (χ4n) is 2.34. The maximum absolute atomic E-state index is 12.0. The Labute approximate surface area is 116 Å². The van der Waals surface area contributed by atoms with Gasteiger partial charge in [0, 0.05) is 11.8 Å². The summed E-state index contributed by atoms with van der Waals surface area (Å²) in [6.07, 6.45) is 0.895. The molecule has 0 aliphatic heterocycles. The number of nitrogens with zero attached hydrogens (tertiary/aromatic N) is 2. The van der Waals surface area contributed by atoms with Gasteiger partial charge in [-0.3, -0.25) is 14.0 Å². The number of carbonyl (C=O) groups excluding carboxylic acids is 1. The molecule has 104 valence electrons. The van der Waals surface area contributed by atoms with Crippen LogP contribution in [0.3, 0.4) is 0 Å². The van der Waals surface area contributed by atoms with Crippen LogP contribution in [0.1, 0.15) is 24.7 Å². The molecule has 2 atom stereocenters.